The molecule has 0 aromatic heterocycles. The van der Waals surface area contributed by atoms with Gasteiger partial charge in [0, 0.05) is 12.8 Å². The molecule has 3 heteroatoms. The van der Waals surface area contributed by atoms with Crippen LogP contribution in [-0.4, -0.2) is 5.78 Å². The lowest BCUT2D eigenvalue weighted by Gasteiger charge is -2.05. The van der Waals surface area contributed by atoms with Crippen LogP contribution in [0.3, 0.4) is 0 Å². The first kappa shape index (κ1) is 12.2. The van der Waals surface area contributed by atoms with Crippen molar-refractivity contribution in [1.82, 2.24) is 0 Å². The average Bonchev–Trinajstić information content (AvgIpc) is 2.11. The van der Waals surface area contributed by atoms with Gasteiger partial charge in [0.25, 0.3) is 0 Å². The number of carbonyl (C=O) groups excluding carboxylic acids is 1. The maximum Gasteiger partial charge on any atom is 0.145 e. The summed E-state index contributed by atoms with van der Waals surface area (Å²) in [5.41, 5.74) is 0.383. The van der Waals surface area contributed by atoms with Gasteiger partial charge < -0.3 is 0 Å². The fourth-order valence-corrected chi connectivity index (χ4v) is 1.62. The van der Waals surface area contributed by atoms with Crippen LogP contribution in [0.5, 0.6) is 0 Å². The molecule has 0 saturated heterocycles. The van der Waals surface area contributed by atoms with Crippen LogP contribution in [0.2, 0.25) is 5.02 Å². The van der Waals surface area contributed by atoms with Crippen LogP contribution >= 0.6 is 11.6 Å². The molecule has 0 aliphatic heterocycles. The number of hydrogen-bond donors (Lipinski definition) is 0. The predicted molar refractivity (Wildman–Crippen MR) is 59.6 cm³/mol. The summed E-state index contributed by atoms with van der Waals surface area (Å²) in [6.45, 7) is 3.93. The summed E-state index contributed by atoms with van der Waals surface area (Å²) in [6, 6.07) is 4.73. The van der Waals surface area contributed by atoms with E-state index in [4.69, 9.17) is 11.6 Å². The Morgan fingerprint density at radius 1 is 1.47 bits per heavy atom. The summed E-state index contributed by atoms with van der Waals surface area (Å²) < 4.78 is 13.4. The van der Waals surface area contributed by atoms with Gasteiger partial charge in [-0.05, 0) is 17.5 Å². The van der Waals surface area contributed by atoms with E-state index in [0.717, 1.165) is 0 Å². The largest absolute Gasteiger partial charge is 0.299 e. The summed E-state index contributed by atoms with van der Waals surface area (Å²) >= 11 is 5.62. The first-order valence-corrected chi connectivity index (χ1v) is 5.33. The van der Waals surface area contributed by atoms with Gasteiger partial charge in [0.2, 0.25) is 0 Å². The number of halogens is 2. The Morgan fingerprint density at radius 3 is 2.73 bits per heavy atom. The van der Waals surface area contributed by atoms with E-state index < -0.39 is 5.82 Å². The smallest absolute Gasteiger partial charge is 0.145 e. The standard InChI is InChI=1S/C12H14ClFO/c1-8(2)6-10(15)7-9-4-3-5-11(13)12(9)14/h3-5,8H,6-7H2,1-2H3. The summed E-state index contributed by atoms with van der Waals surface area (Å²) in [6.07, 6.45) is 0.608. The SMILES string of the molecule is CC(C)CC(=O)Cc1cccc(Cl)c1F. The average molecular weight is 229 g/mol. The second kappa shape index (κ2) is 5.26. The van der Waals surface area contributed by atoms with E-state index in [-0.39, 0.29) is 17.2 Å². The van der Waals surface area contributed by atoms with E-state index >= 15 is 0 Å². The van der Waals surface area contributed by atoms with Crippen molar-refractivity contribution in [2.45, 2.75) is 26.7 Å². The molecule has 0 spiro atoms. The van der Waals surface area contributed by atoms with E-state index in [1.54, 1.807) is 12.1 Å². The van der Waals surface area contributed by atoms with Crippen molar-refractivity contribution in [3.05, 3.63) is 34.6 Å². The van der Waals surface area contributed by atoms with Crippen molar-refractivity contribution in [3.8, 4) is 0 Å². The highest BCUT2D eigenvalue weighted by Gasteiger charge is 2.11. The molecule has 0 radical (unpaired) electrons. The molecule has 0 saturated carbocycles. The third-order valence-corrected chi connectivity index (χ3v) is 2.35. The van der Waals surface area contributed by atoms with Crippen LogP contribution in [0, 0.1) is 11.7 Å². The molecule has 0 bridgehead atoms. The van der Waals surface area contributed by atoms with Gasteiger partial charge in [-0.3, -0.25) is 4.79 Å². The van der Waals surface area contributed by atoms with Crippen LogP contribution < -0.4 is 0 Å². The maximum atomic E-state index is 13.4. The van der Waals surface area contributed by atoms with Crippen molar-refractivity contribution in [2.75, 3.05) is 0 Å². The van der Waals surface area contributed by atoms with Gasteiger partial charge in [0.05, 0.1) is 5.02 Å². The first-order chi connectivity index (χ1) is 7.00. The molecule has 0 fully saturated rings. The minimum Gasteiger partial charge on any atom is -0.299 e. The lowest BCUT2D eigenvalue weighted by molar-refractivity contribution is -0.119. The molecule has 0 N–H and O–H groups in total. The van der Waals surface area contributed by atoms with E-state index in [1.807, 2.05) is 13.8 Å². The minimum absolute atomic E-state index is 0.0474. The summed E-state index contributed by atoms with van der Waals surface area (Å²) in [5.74, 6) is -0.123. The topological polar surface area (TPSA) is 17.1 Å². The quantitative estimate of drug-likeness (QED) is 0.769. The van der Waals surface area contributed by atoms with Crippen molar-refractivity contribution in [1.29, 1.82) is 0 Å². The minimum atomic E-state index is -0.476. The molecule has 0 heterocycles. The van der Waals surface area contributed by atoms with E-state index in [1.165, 1.54) is 6.07 Å². The molecule has 1 aromatic carbocycles. The van der Waals surface area contributed by atoms with Gasteiger partial charge in [-0.15, -0.1) is 0 Å². The second-order valence-electron chi connectivity index (χ2n) is 4.03. The molecule has 0 unspecified atom stereocenters. The number of rotatable bonds is 4. The Balaban J connectivity index is 2.73. The highest BCUT2D eigenvalue weighted by atomic mass is 35.5. The van der Waals surface area contributed by atoms with Crippen LogP contribution in [0.25, 0.3) is 0 Å². The van der Waals surface area contributed by atoms with Crippen molar-refractivity contribution in [3.63, 3.8) is 0 Å². The molecule has 15 heavy (non-hydrogen) atoms. The molecule has 0 aliphatic rings. The monoisotopic (exact) mass is 228 g/mol. The first-order valence-electron chi connectivity index (χ1n) is 4.95. The highest BCUT2D eigenvalue weighted by molar-refractivity contribution is 6.30. The van der Waals surface area contributed by atoms with Gasteiger partial charge in [0.15, 0.2) is 0 Å². The molecular weight excluding hydrogens is 215 g/mol. The number of ketones is 1. The summed E-state index contributed by atoms with van der Waals surface area (Å²) in [4.78, 5) is 11.5. The van der Waals surface area contributed by atoms with Crippen LogP contribution in [0.1, 0.15) is 25.8 Å². The number of hydrogen-bond acceptors (Lipinski definition) is 1. The molecule has 82 valence electrons. The van der Waals surface area contributed by atoms with Gasteiger partial charge in [-0.1, -0.05) is 37.6 Å². The van der Waals surface area contributed by atoms with Crippen LogP contribution in [0.15, 0.2) is 18.2 Å². The van der Waals surface area contributed by atoms with Gasteiger partial charge in [-0.25, -0.2) is 4.39 Å². The Morgan fingerprint density at radius 2 is 2.13 bits per heavy atom. The number of Topliss-reactive ketones (excluding diaryl/α,β-unsaturated/α-hetero) is 1. The van der Waals surface area contributed by atoms with E-state index in [0.29, 0.717) is 17.9 Å². The molecule has 1 nitrogen and oxygen atoms in total. The van der Waals surface area contributed by atoms with Crippen molar-refractivity contribution < 1.29 is 9.18 Å². The molecule has 0 aliphatic carbocycles. The second-order valence-corrected chi connectivity index (χ2v) is 4.43. The Hall–Kier alpha value is -0.890. The zero-order chi connectivity index (χ0) is 11.4. The zero-order valence-corrected chi connectivity index (χ0v) is 9.64. The molecule has 0 atom stereocenters. The van der Waals surface area contributed by atoms with Gasteiger partial charge in [0.1, 0.15) is 11.6 Å². The van der Waals surface area contributed by atoms with E-state index in [2.05, 4.69) is 0 Å². The lowest BCUT2D eigenvalue weighted by atomic mass is 10.0. The Labute approximate surface area is 94.3 Å². The van der Waals surface area contributed by atoms with Crippen LogP contribution in [0.4, 0.5) is 4.39 Å². The lowest BCUT2D eigenvalue weighted by Crippen LogP contribution is -2.07. The van der Waals surface area contributed by atoms with Crippen molar-refractivity contribution in [2.24, 2.45) is 5.92 Å². The molecule has 0 amide bonds. The third kappa shape index (κ3) is 3.63. The third-order valence-electron chi connectivity index (χ3n) is 2.06. The zero-order valence-electron chi connectivity index (χ0n) is 8.89. The highest BCUT2D eigenvalue weighted by Crippen LogP contribution is 2.19. The van der Waals surface area contributed by atoms with E-state index in [9.17, 15) is 9.18 Å². The maximum absolute atomic E-state index is 13.4. The van der Waals surface area contributed by atoms with Gasteiger partial charge in [-0.2, -0.15) is 0 Å². The normalized spacial score (nSPS) is 10.7. The Bertz CT molecular complexity index is 361. The molecule has 1 rings (SSSR count). The number of carbonyl (C=O) groups is 1. The Kier molecular flexibility index (Phi) is 4.28. The fraction of sp³-hybridized carbons (Fsp3) is 0.417. The fourth-order valence-electron chi connectivity index (χ4n) is 1.42. The van der Waals surface area contributed by atoms with Gasteiger partial charge >= 0.3 is 0 Å². The summed E-state index contributed by atoms with van der Waals surface area (Å²) in [5, 5.41) is 0.0739. The predicted octanol–water partition coefficient (Wildman–Crippen LogP) is 3.64. The molecular formula is C12H14ClFO. The molecule has 1 aromatic rings. The van der Waals surface area contributed by atoms with Crippen molar-refractivity contribution >= 4 is 17.4 Å². The number of benzene rings is 1. The summed E-state index contributed by atoms with van der Waals surface area (Å²) in [7, 11) is 0. The van der Waals surface area contributed by atoms with Crippen LogP contribution in [-0.2, 0) is 11.2 Å².